The zero-order valence-corrected chi connectivity index (χ0v) is 12.7. The number of carbonyl (C=O) groups is 1. The molecule has 0 aliphatic rings. The summed E-state index contributed by atoms with van der Waals surface area (Å²) in [5, 5.41) is 4.42. The number of rotatable bonds is 5. The van der Waals surface area contributed by atoms with Gasteiger partial charge in [-0.3, -0.25) is 4.79 Å². The van der Waals surface area contributed by atoms with Gasteiger partial charge >= 0.3 is 0 Å². The quantitative estimate of drug-likeness (QED) is 0.667. The molecule has 2 aromatic carbocycles. The van der Waals surface area contributed by atoms with Crippen LogP contribution in [0.15, 0.2) is 47.6 Å². The summed E-state index contributed by atoms with van der Waals surface area (Å²) in [6.07, 6.45) is 1.21. The smallest absolute Gasteiger partial charge is 0.277 e. The molecule has 22 heavy (non-hydrogen) atoms. The van der Waals surface area contributed by atoms with E-state index < -0.39 is 11.7 Å². The maximum absolute atomic E-state index is 13.3. The molecule has 0 radical (unpaired) electrons. The summed E-state index contributed by atoms with van der Waals surface area (Å²) < 4.78 is 18.5. The Kier molecular flexibility index (Phi) is 5.75. The molecule has 2 rings (SSSR count). The van der Waals surface area contributed by atoms with E-state index in [1.165, 1.54) is 24.4 Å². The van der Waals surface area contributed by atoms with Crippen LogP contribution in [0.1, 0.15) is 5.56 Å². The molecule has 0 unspecified atom stereocenters. The number of ether oxygens (including phenoxy) is 1. The van der Waals surface area contributed by atoms with Gasteiger partial charge in [0.05, 0.1) is 11.2 Å². The molecule has 7 heteroatoms. The Morgan fingerprint density at radius 1 is 1.27 bits per heavy atom. The summed E-state index contributed by atoms with van der Waals surface area (Å²) in [5.41, 5.74) is 2.50. The zero-order chi connectivity index (χ0) is 15.9. The summed E-state index contributed by atoms with van der Waals surface area (Å²) >= 11 is 11.7. The van der Waals surface area contributed by atoms with E-state index in [1.54, 1.807) is 24.3 Å². The normalized spacial score (nSPS) is 10.7. The van der Waals surface area contributed by atoms with Crippen LogP contribution in [-0.4, -0.2) is 18.7 Å². The van der Waals surface area contributed by atoms with Crippen LogP contribution >= 0.6 is 23.2 Å². The topological polar surface area (TPSA) is 50.7 Å². The number of nitrogens with one attached hydrogen (secondary N) is 1. The van der Waals surface area contributed by atoms with Gasteiger partial charge in [0.1, 0.15) is 11.6 Å². The van der Waals surface area contributed by atoms with E-state index in [0.29, 0.717) is 15.8 Å². The standard InChI is InChI=1S/C15H11Cl2FN2O2/c16-11-5-6-14(12(17)7-11)22-9-15(21)20-19-8-10-3-1-2-4-13(10)18/h1-8H,9H2,(H,20,21)/b19-8+. The Morgan fingerprint density at radius 3 is 2.77 bits per heavy atom. The van der Waals surface area contributed by atoms with Gasteiger partial charge in [0.15, 0.2) is 6.61 Å². The molecule has 0 aromatic heterocycles. The van der Waals surface area contributed by atoms with Crippen LogP contribution in [-0.2, 0) is 4.79 Å². The van der Waals surface area contributed by atoms with Crippen LogP contribution in [0.5, 0.6) is 5.75 Å². The lowest BCUT2D eigenvalue weighted by Crippen LogP contribution is -2.24. The third-order valence-corrected chi connectivity index (χ3v) is 3.08. The van der Waals surface area contributed by atoms with Crippen molar-refractivity contribution in [2.45, 2.75) is 0 Å². The molecule has 0 aliphatic heterocycles. The third-order valence-electron chi connectivity index (χ3n) is 2.55. The largest absolute Gasteiger partial charge is 0.482 e. The lowest BCUT2D eigenvalue weighted by molar-refractivity contribution is -0.123. The van der Waals surface area contributed by atoms with E-state index in [2.05, 4.69) is 10.5 Å². The first kappa shape index (κ1) is 16.3. The summed E-state index contributed by atoms with van der Waals surface area (Å²) in [6.45, 7) is -0.282. The Balaban J connectivity index is 1.84. The maximum atomic E-state index is 13.3. The molecule has 1 N–H and O–H groups in total. The van der Waals surface area contributed by atoms with Crippen LogP contribution in [0.2, 0.25) is 10.0 Å². The highest BCUT2D eigenvalue weighted by Crippen LogP contribution is 2.27. The highest BCUT2D eigenvalue weighted by molar-refractivity contribution is 6.35. The van der Waals surface area contributed by atoms with E-state index in [-0.39, 0.29) is 12.2 Å². The van der Waals surface area contributed by atoms with Crippen LogP contribution in [0.4, 0.5) is 4.39 Å². The molecule has 0 spiro atoms. The number of benzene rings is 2. The Labute approximate surface area is 136 Å². The van der Waals surface area contributed by atoms with Gasteiger partial charge in [0.2, 0.25) is 0 Å². The van der Waals surface area contributed by atoms with Crippen molar-refractivity contribution in [2.24, 2.45) is 5.10 Å². The van der Waals surface area contributed by atoms with E-state index in [9.17, 15) is 9.18 Å². The predicted octanol–water partition coefficient (Wildman–Crippen LogP) is 3.66. The van der Waals surface area contributed by atoms with Gasteiger partial charge in [-0.2, -0.15) is 5.10 Å². The van der Waals surface area contributed by atoms with Crippen molar-refractivity contribution in [1.29, 1.82) is 0 Å². The molecular formula is C15H11Cl2FN2O2. The van der Waals surface area contributed by atoms with Crippen molar-refractivity contribution in [2.75, 3.05) is 6.61 Å². The highest BCUT2D eigenvalue weighted by Gasteiger charge is 2.06. The van der Waals surface area contributed by atoms with E-state index in [4.69, 9.17) is 27.9 Å². The molecule has 0 heterocycles. The first-order chi connectivity index (χ1) is 10.6. The second-order valence-electron chi connectivity index (χ2n) is 4.18. The minimum absolute atomic E-state index is 0.268. The van der Waals surface area contributed by atoms with Crippen molar-refractivity contribution < 1.29 is 13.9 Å². The van der Waals surface area contributed by atoms with Gasteiger partial charge < -0.3 is 4.74 Å². The van der Waals surface area contributed by atoms with Crippen molar-refractivity contribution in [3.05, 3.63) is 63.9 Å². The van der Waals surface area contributed by atoms with Gasteiger partial charge in [0.25, 0.3) is 5.91 Å². The van der Waals surface area contributed by atoms with Gasteiger partial charge in [-0.05, 0) is 24.3 Å². The van der Waals surface area contributed by atoms with E-state index >= 15 is 0 Å². The summed E-state index contributed by atoms with van der Waals surface area (Å²) in [4.78, 5) is 11.6. The molecule has 114 valence electrons. The number of amides is 1. The summed E-state index contributed by atoms with van der Waals surface area (Å²) in [7, 11) is 0. The Hall–Kier alpha value is -2.11. The first-order valence-corrected chi connectivity index (χ1v) is 6.96. The third kappa shape index (κ3) is 4.72. The Morgan fingerprint density at radius 2 is 2.05 bits per heavy atom. The monoisotopic (exact) mass is 340 g/mol. The molecular weight excluding hydrogens is 330 g/mol. The second kappa shape index (κ2) is 7.77. The minimum Gasteiger partial charge on any atom is -0.482 e. The van der Waals surface area contributed by atoms with Gasteiger partial charge in [-0.15, -0.1) is 0 Å². The van der Waals surface area contributed by atoms with E-state index in [1.807, 2.05) is 0 Å². The number of hydrazone groups is 1. The molecule has 2 aromatic rings. The first-order valence-electron chi connectivity index (χ1n) is 6.20. The van der Waals surface area contributed by atoms with Crippen LogP contribution in [0.25, 0.3) is 0 Å². The molecule has 0 atom stereocenters. The maximum Gasteiger partial charge on any atom is 0.277 e. The van der Waals surface area contributed by atoms with Crippen LogP contribution in [0, 0.1) is 5.82 Å². The van der Waals surface area contributed by atoms with Crippen LogP contribution < -0.4 is 10.2 Å². The molecule has 0 saturated heterocycles. The lowest BCUT2D eigenvalue weighted by atomic mass is 10.2. The van der Waals surface area contributed by atoms with Crippen molar-refractivity contribution >= 4 is 35.3 Å². The molecule has 0 bridgehead atoms. The van der Waals surface area contributed by atoms with Crippen molar-refractivity contribution in [3.63, 3.8) is 0 Å². The fourth-order valence-corrected chi connectivity index (χ4v) is 1.98. The average molecular weight is 341 g/mol. The number of hydrogen-bond acceptors (Lipinski definition) is 3. The zero-order valence-electron chi connectivity index (χ0n) is 11.2. The highest BCUT2D eigenvalue weighted by atomic mass is 35.5. The van der Waals surface area contributed by atoms with Crippen LogP contribution in [0.3, 0.4) is 0 Å². The second-order valence-corrected chi connectivity index (χ2v) is 5.02. The van der Waals surface area contributed by atoms with Gasteiger partial charge in [-0.25, -0.2) is 9.82 Å². The van der Waals surface area contributed by atoms with Crippen molar-refractivity contribution in [3.8, 4) is 5.75 Å². The molecule has 4 nitrogen and oxygen atoms in total. The van der Waals surface area contributed by atoms with E-state index in [0.717, 1.165) is 0 Å². The minimum atomic E-state index is -0.501. The molecule has 0 fully saturated rings. The number of nitrogens with zero attached hydrogens (tertiary/aromatic N) is 1. The lowest BCUT2D eigenvalue weighted by Gasteiger charge is -2.07. The number of carbonyl (C=O) groups excluding carboxylic acids is 1. The molecule has 1 amide bonds. The SMILES string of the molecule is O=C(COc1ccc(Cl)cc1Cl)N/N=C/c1ccccc1F. The number of halogens is 3. The fourth-order valence-electron chi connectivity index (χ4n) is 1.52. The fraction of sp³-hybridized carbons (Fsp3) is 0.0667. The van der Waals surface area contributed by atoms with Gasteiger partial charge in [0, 0.05) is 10.6 Å². The number of hydrogen-bond donors (Lipinski definition) is 1. The summed E-state index contributed by atoms with van der Waals surface area (Å²) in [5.74, 6) is -0.595. The van der Waals surface area contributed by atoms with Crippen molar-refractivity contribution in [1.82, 2.24) is 5.43 Å². The Bertz CT molecular complexity index is 708. The molecule has 0 saturated carbocycles. The average Bonchev–Trinajstić information content (AvgIpc) is 2.48. The predicted molar refractivity (Wildman–Crippen MR) is 84.1 cm³/mol. The van der Waals surface area contributed by atoms with Gasteiger partial charge in [-0.1, -0.05) is 41.4 Å². The summed E-state index contributed by atoms with van der Waals surface area (Å²) in [6, 6.07) is 10.7. The molecule has 0 aliphatic carbocycles.